The van der Waals surface area contributed by atoms with Crippen LogP contribution in [-0.2, 0) is 0 Å². The second-order valence-corrected chi connectivity index (χ2v) is 22.9. The molecule has 0 unspecified atom stereocenters. The third kappa shape index (κ3) is 8.26. The number of aromatic nitrogens is 3. The van der Waals surface area contributed by atoms with Crippen LogP contribution in [0, 0.1) is 3.57 Å². The van der Waals surface area contributed by atoms with Gasteiger partial charge in [0, 0.05) is 86.9 Å². The van der Waals surface area contributed by atoms with Gasteiger partial charge < -0.3 is 14.0 Å². The minimum absolute atomic E-state index is 0.760. The molecule has 4 aromatic heterocycles. The number of nitrogens with zero attached hydrogens (tertiary/aromatic N) is 2. The average molecular weight is 1310 g/mol. The zero-order valence-electron chi connectivity index (χ0n) is 39.6. The van der Waals surface area contributed by atoms with Gasteiger partial charge in [0.25, 0.3) is 0 Å². The number of benzene rings is 12. The number of hydrogen-bond donors (Lipinski definition) is 1. The highest BCUT2D eigenvalue weighted by molar-refractivity contribution is 14.1. The number of rotatable bonds is 1. The zero-order chi connectivity index (χ0) is 50.9. The van der Waals surface area contributed by atoms with Gasteiger partial charge in [0.2, 0.25) is 0 Å². The molecule has 16 rings (SSSR count). The molecule has 1 N–H and O–H groups in total. The van der Waals surface area contributed by atoms with E-state index in [1.807, 2.05) is 30.3 Å². The average Bonchev–Trinajstić information content (AvgIpc) is 4.13. The van der Waals surface area contributed by atoms with E-state index in [2.05, 4.69) is 285 Å². The van der Waals surface area contributed by atoms with Gasteiger partial charge in [-0.2, -0.15) is 0 Å². The highest BCUT2D eigenvalue weighted by Gasteiger charge is 2.19. The van der Waals surface area contributed by atoms with Gasteiger partial charge in [0.1, 0.15) is 0 Å². The van der Waals surface area contributed by atoms with Crippen LogP contribution in [0.25, 0.3) is 120 Å². The Balaban J connectivity index is 0.000000100. The van der Waals surface area contributed by atoms with E-state index in [1.54, 1.807) is 0 Å². The number of halogens is 6. The molecular formula is C66H39Br3Cl2IN3. The van der Waals surface area contributed by atoms with Crippen molar-refractivity contribution in [3.8, 4) is 5.69 Å². The molecule has 3 nitrogen and oxygen atoms in total. The van der Waals surface area contributed by atoms with Gasteiger partial charge in [0.15, 0.2) is 0 Å². The predicted octanol–water partition coefficient (Wildman–Crippen LogP) is 22.3. The summed E-state index contributed by atoms with van der Waals surface area (Å²) in [4.78, 5) is 3.38. The van der Waals surface area contributed by atoms with Crippen LogP contribution in [0.3, 0.4) is 0 Å². The Morgan fingerprint density at radius 3 is 1.31 bits per heavy atom. The standard InChI is InChI=1S/C22H13BrClN.C22H12BrN.C12H9N.C10H5BrClI/c23-17-12-13-21(22-16(17)8-5-9-18(22)24)25-19-10-3-1-6-14(19)15-7-2-4-11-20(15)25;23-18-11-12-20-21-14(6-3-9-17(18)21)16-8-4-7-15-13-5-1-2-10-19(13)24(20)22(15)16;1-3-7-11-9(5-1)10-6-2-4-8-12(10)13-11;11-7-4-5-9(13)10-6(7)2-1-3-8(10)12/h1-13H;1-12H;1-8,13H;1-5H. The first kappa shape index (κ1) is 48.2. The summed E-state index contributed by atoms with van der Waals surface area (Å²) in [6.07, 6.45) is 0. The Kier molecular flexibility index (Phi) is 12.8. The van der Waals surface area contributed by atoms with Crippen LogP contribution in [0.5, 0.6) is 0 Å². The largest absolute Gasteiger partial charge is 0.355 e. The minimum atomic E-state index is 0.760. The summed E-state index contributed by atoms with van der Waals surface area (Å²) in [6.45, 7) is 0. The van der Waals surface area contributed by atoms with Gasteiger partial charge >= 0.3 is 0 Å². The lowest BCUT2D eigenvalue weighted by Crippen LogP contribution is -1.96. The zero-order valence-corrected chi connectivity index (χ0v) is 48.0. The summed E-state index contributed by atoms with van der Waals surface area (Å²) in [5, 5.41) is 19.0. The SMILES string of the molecule is Brc1ccc2c3c1cccc3c1cccc3c4ccccc4n2c13.Clc1cccc2c(Br)ccc(-n3c4ccccc4c4ccccc43)c12.Clc1cccc2c(Br)ccc(I)c12.c1ccc2c(c1)[nH]c1ccccc12. The molecule has 0 aliphatic carbocycles. The molecule has 0 atom stereocenters. The van der Waals surface area contributed by atoms with Crippen molar-refractivity contribution in [1.29, 1.82) is 0 Å². The number of aromatic amines is 1. The molecule has 75 heavy (non-hydrogen) atoms. The molecule has 0 saturated carbocycles. The smallest absolute Gasteiger partial charge is 0.0619 e. The minimum Gasteiger partial charge on any atom is -0.355 e. The van der Waals surface area contributed by atoms with Gasteiger partial charge in [0.05, 0.1) is 38.3 Å². The van der Waals surface area contributed by atoms with Gasteiger partial charge in [-0.05, 0) is 123 Å². The van der Waals surface area contributed by atoms with E-state index in [0.717, 1.165) is 45.3 Å². The van der Waals surface area contributed by atoms with Crippen molar-refractivity contribution < 1.29 is 0 Å². The third-order valence-electron chi connectivity index (χ3n) is 14.2. The molecule has 0 bridgehead atoms. The van der Waals surface area contributed by atoms with E-state index in [1.165, 1.54) is 101 Å². The monoisotopic (exact) mass is 1310 g/mol. The van der Waals surface area contributed by atoms with Crippen LogP contribution < -0.4 is 0 Å². The molecular weight excluding hydrogens is 1270 g/mol. The second kappa shape index (κ2) is 19.9. The predicted molar refractivity (Wildman–Crippen MR) is 342 cm³/mol. The van der Waals surface area contributed by atoms with Crippen LogP contribution in [0.15, 0.2) is 244 Å². The van der Waals surface area contributed by atoms with Crippen molar-refractivity contribution in [1.82, 2.24) is 14.0 Å². The normalized spacial score (nSPS) is 11.6. The molecule has 0 aliphatic rings. The van der Waals surface area contributed by atoms with E-state index in [9.17, 15) is 0 Å². The molecule has 0 radical (unpaired) electrons. The Bertz CT molecular complexity index is 4770. The van der Waals surface area contributed by atoms with Crippen molar-refractivity contribution >= 4 is 208 Å². The number of H-pyrrole nitrogens is 1. The Morgan fingerprint density at radius 2 is 0.720 bits per heavy atom. The van der Waals surface area contributed by atoms with E-state index in [-0.39, 0.29) is 0 Å². The molecule has 4 heterocycles. The number of pyridine rings is 1. The quantitative estimate of drug-likeness (QED) is 0.0963. The van der Waals surface area contributed by atoms with Gasteiger partial charge in [-0.1, -0.05) is 223 Å². The lowest BCUT2D eigenvalue weighted by Gasteiger charge is -2.13. The first-order valence-electron chi connectivity index (χ1n) is 24.3. The van der Waals surface area contributed by atoms with E-state index >= 15 is 0 Å². The summed E-state index contributed by atoms with van der Waals surface area (Å²) in [5.74, 6) is 0. The van der Waals surface area contributed by atoms with Gasteiger partial charge in [-0.3, -0.25) is 0 Å². The first-order valence-corrected chi connectivity index (χ1v) is 28.5. The molecule has 0 aliphatic heterocycles. The maximum Gasteiger partial charge on any atom is 0.0619 e. The molecule has 9 heteroatoms. The van der Waals surface area contributed by atoms with Crippen LogP contribution in [0.4, 0.5) is 0 Å². The van der Waals surface area contributed by atoms with Crippen LogP contribution >= 0.6 is 93.6 Å². The van der Waals surface area contributed by atoms with Crippen molar-refractivity contribution in [3.05, 3.63) is 258 Å². The summed E-state index contributed by atoms with van der Waals surface area (Å²) in [6, 6.07) is 80.5. The van der Waals surface area contributed by atoms with Crippen LogP contribution in [0.1, 0.15) is 0 Å². The maximum absolute atomic E-state index is 6.62. The number of fused-ring (bicyclic) bond motifs is 13. The fourth-order valence-electron chi connectivity index (χ4n) is 11.0. The second-order valence-electron chi connectivity index (χ2n) is 18.4. The summed E-state index contributed by atoms with van der Waals surface area (Å²) < 4.78 is 9.21. The maximum atomic E-state index is 6.62. The molecule has 12 aromatic carbocycles. The number of para-hydroxylation sites is 6. The summed E-state index contributed by atoms with van der Waals surface area (Å²) >= 11 is 25.9. The summed E-state index contributed by atoms with van der Waals surface area (Å²) in [5.41, 5.74) is 9.76. The molecule has 0 saturated heterocycles. The fraction of sp³-hybridized carbons (Fsp3) is 0. The van der Waals surface area contributed by atoms with Crippen LogP contribution in [-0.4, -0.2) is 14.0 Å². The van der Waals surface area contributed by atoms with Gasteiger partial charge in [-0.15, -0.1) is 0 Å². The van der Waals surface area contributed by atoms with Gasteiger partial charge in [-0.25, -0.2) is 0 Å². The third-order valence-corrected chi connectivity index (χ3v) is 17.8. The number of nitrogens with one attached hydrogen (secondary N) is 1. The van der Waals surface area contributed by atoms with Crippen LogP contribution in [0.2, 0.25) is 10.0 Å². The van der Waals surface area contributed by atoms with Crippen molar-refractivity contribution in [2.24, 2.45) is 0 Å². The molecule has 0 spiro atoms. The molecule has 0 fully saturated rings. The number of hydrogen-bond acceptors (Lipinski definition) is 0. The molecule has 360 valence electrons. The summed E-state index contributed by atoms with van der Waals surface area (Å²) in [7, 11) is 0. The van der Waals surface area contributed by atoms with E-state index in [0.29, 0.717) is 0 Å². The van der Waals surface area contributed by atoms with E-state index in [4.69, 9.17) is 23.2 Å². The first-order chi connectivity index (χ1) is 36.7. The Labute approximate surface area is 480 Å². The topological polar surface area (TPSA) is 25.1 Å². The van der Waals surface area contributed by atoms with Crippen molar-refractivity contribution in [3.63, 3.8) is 0 Å². The molecule has 0 amide bonds. The highest BCUT2D eigenvalue weighted by atomic mass is 127. The fourth-order valence-corrected chi connectivity index (χ4v) is 13.9. The Hall–Kier alpha value is -6.43. The molecule has 16 aromatic rings. The highest BCUT2D eigenvalue weighted by Crippen LogP contribution is 2.43. The van der Waals surface area contributed by atoms with E-state index < -0.39 is 0 Å². The lowest BCUT2D eigenvalue weighted by molar-refractivity contribution is 1.20. The lowest BCUT2D eigenvalue weighted by atomic mass is 9.99. The van der Waals surface area contributed by atoms with Crippen molar-refractivity contribution in [2.45, 2.75) is 0 Å². The van der Waals surface area contributed by atoms with Crippen molar-refractivity contribution in [2.75, 3.05) is 0 Å². The Morgan fingerprint density at radius 1 is 0.320 bits per heavy atom.